The predicted molar refractivity (Wildman–Crippen MR) is 93.0 cm³/mol. The van der Waals surface area contributed by atoms with Crippen LogP contribution in [0.3, 0.4) is 0 Å². The van der Waals surface area contributed by atoms with Crippen molar-refractivity contribution in [2.75, 3.05) is 7.05 Å². The van der Waals surface area contributed by atoms with E-state index in [1.807, 2.05) is 31.2 Å². The maximum absolute atomic E-state index is 12.6. The van der Waals surface area contributed by atoms with E-state index < -0.39 is 0 Å². The van der Waals surface area contributed by atoms with Crippen LogP contribution >= 0.6 is 0 Å². The van der Waals surface area contributed by atoms with E-state index in [0.29, 0.717) is 11.1 Å². The average Bonchev–Trinajstić information content (AvgIpc) is 3.21. The molecule has 0 unspecified atom stereocenters. The normalized spacial score (nSPS) is 11.6. The second-order valence-electron chi connectivity index (χ2n) is 5.71. The maximum Gasteiger partial charge on any atom is 0.254 e. The van der Waals surface area contributed by atoms with E-state index in [-0.39, 0.29) is 11.9 Å². The molecule has 0 N–H and O–H groups in total. The molecule has 1 atom stereocenters. The van der Waals surface area contributed by atoms with Crippen molar-refractivity contribution in [2.24, 2.45) is 0 Å². The minimum Gasteiger partial charge on any atom is -0.335 e. The van der Waals surface area contributed by atoms with Gasteiger partial charge in [0.2, 0.25) is 0 Å². The fraction of sp³-hybridized carbons (Fsp3) is 0.158. The van der Waals surface area contributed by atoms with Gasteiger partial charge in [-0.3, -0.25) is 4.79 Å². The Balaban J connectivity index is 1.76. The standard InChI is InChI=1S/C19H17N5O/c1-14(16-7-9-18(10-8-16)24-13-21-12-22-24)23(2)19(25)17-5-3-15(11-20)4-6-17/h3-10,12-14H,1-2H3/t14-/m0/s1. The SMILES string of the molecule is C[C@@H](c1ccc(-n2cncn2)cc1)N(C)C(=O)c1ccc(C#N)cc1. The number of rotatable bonds is 4. The van der Waals surface area contributed by atoms with Gasteiger partial charge in [0.05, 0.1) is 23.4 Å². The third kappa shape index (κ3) is 3.40. The van der Waals surface area contributed by atoms with E-state index in [4.69, 9.17) is 5.26 Å². The summed E-state index contributed by atoms with van der Waals surface area (Å²) in [6, 6.07) is 16.5. The first-order valence-corrected chi connectivity index (χ1v) is 7.82. The Bertz CT molecular complexity index is 892. The Morgan fingerprint density at radius 3 is 2.40 bits per heavy atom. The summed E-state index contributed by atoms with van der Waals surface area (Å²) in [6.45, 7) is 1.98. The van der Waals surface area contributed by atoms with Crippen molar-refractivity contribution < 1.29 is 4.79 Å². The molecule has 3 rings (SSSR count). The Labute approximate surface area is 146 Å². The van der Waals surface area contributed by atoms with Gasteiger partial charge >= 0.3 is 0 Å². The van der Waals surface area contributed by atoms with Crippen LogP contribution in [0.25, 0.3) is 5.69 Å². The summed E-state index contributed by atoms with van der Waals surface area (Å²) in [6.07, 6.45) is 3.12. The van der Waals surface area contributed by atoms with Gasteiger partial charge in [-0.1, -0.05) is 12.1 Å². The van der Waals surface area contributed by atoms with Crippen LogP contribution in [-0.4, -0.2) is 32.6 Å². The van der Waals surface area contributed by atoms with Crippen LogP contribution in [-0.2, 0) is 0 Å². The first-order valence-electron chi connectivity index (χ1n) is 7.82. The lowest BCUT2D eigenvalue weighted by Gasteiger charge is -2.25. The van der Waals surface area contributed by atoms with Crippen LogP contribution in [0.1, 0.15) is 34.5 Å². The van der Waals surface area contributed by atoms with Gasteiger partial charge in [0, 0.05) is 12.6 Å². The molecule has 2 aromatic carbocycles. The number of aromatic nitrogens is 3. The highest BCUT2D eigenvalue weighted by Crippen LogP contribution is 2.22. The van der Waals surface area contributed by atoms with Crippen molar-refractivity contribution in [1.29, 1.82) is 5.26 Å². The molecular weight excluding hydrogens is 314 g/mol. The molecule has 1 heterocycles. The number of nitriles is 1. The topological polar surface area (TPSA) is 74.8 Å². The smallest absolute Gasteiger partial charge is 0.254 e. The summed E-state index contributed by atoms with van der Waals surface area (Å²) in [7, 11) is 1.77. The molecule has 0 saturated heterocycles. The molecule has 1 amide bonds. The molecule has 0 aliphatic carbocycles. The highest BCUT2D eigenvalue weighted by atomic mass is 16.2. The van der Waals surface area contributed by atoms with Gasteiger partial charge in [0.25, 0.3) is 5.91 Å². The van der Waals surface area contributed by atoms with Crippen LogP contribution in [0, 0.1) is 11.3 Å². The van der Waals surface area contributed by atoms with Crippen molar-refractivity contribution in [3.8, 4) is 11.8 Å². The van der Waals surface area contributed by atoms with Crippen LogP contribution in [0.15, 0.2) is 61.2 Å². The van der Waals surface area contributed by atoms with Crippen molar-refractivity contribution in [3.63, 3.8) is 0 Å². The van der Waals surface area contributed by atoms with Crippen LogP contribution in [0.5, 0.6) is 0 Å². The zero-order valence-electron chi connectivity index (χ0n) is 14.0. The molecule has 1 aromatic heterocycles. The van der Waals surface area contributed by atoms with E-state index in [2.05, 4.69) is 16.2 Å². The van der Waals surface area contributed by atoms with Crippen molar-refractivity contribution >= 4 is 5.91 Å². The monoisotopic (exact) mass is 331 g/mol. The zero-order chi connectivity index (χ0) is 17.8. The largest absolute Gasteiger partial charge is 0.335 e. The molecule has 0 bridgehead atoms. The van der Waals surface area contributed by atoms with Crippen molar-refractivity contribution in [3.05, 3.63) is 77.9 Å². The van der Waals surface area contributed by atoms with Crippen LogP contribution < -0.4 is 0 Å². The van der Waals surface area contributed by atoms with E-state index >= 15 is 0 Å². The number of nitrogens with zero attached hydrogens (tertiary/aromatic N) is 5. The lowest BCUT2D eigenvalue weighted by atomic mass is 10.1. The first-order chi connectivity index (χ1) is 12.1. The highest BCUT2D eigenvalue weighted by molar-refractivity contribution is 5.94. The minimum absolute atomic E-state index is 0.0858. The highest BCUT2D eigenvalue weighted by Gasteiger charge is 2.19. The summed E-state index contributed by atoms with van der Waals surface area (Å²) < 4.78 is 1.68. The minimum atomic E-state index is -0.0899. The molecule has 0 radical (unpaired) electrons. The Kier molecular flexibility index (Phi) is 4.57. The Hall–Kier alpha value is -3.46. The molecule has 25 heavy (non-hydrogen) atoms. The van der Waals surface area contributed by atoms with Crippen molar-refractivity contribution in [1.82, 2.24) is 19.7 Å². The number of benzene rings is 2. The quantitative estimate of drug-likeness (QED) is 0.736. The second-order valence-corrected chi connectivity index (χ2v) is 5.71. The Morgan fingerprint density at radius 2 is 1.84 bits per heavy atom. The number of carbonyl (C=O) groups excluding carboxylic acids is 1. The van der Waals surface area contributed by atoms with Gasteiger partial charge in [0.1, 0.15) is 12.7 Å². The van der Waals surface area contributed by atoms with Crippen LogP contribution in [0.2, 0.25) is 0 Å². The lowest BCUT2D eigenvalue weighted by Crippen LogP contribution is -2.29. The Morgan fingerprint density at radius 1 is 1.16 bits per heavy atom. The summed E-state index contributed by atoms with van der Waals surface area (Å²) in [5.74, 6) is -0.0858. The molecule has 124 valence electrons. The van der Waals surface area contributed by atoms with Gasteiger partial charge in [-0.15, -0.1) is 0 Å². The third-order valence-electron chi connectivity index (χ3n) is 4.22. The second kappa shape index (κ2) is 6.97. The van der Waals surface area contributed by atoms with Gasteiger partial charge in [-0.25, -0.2) is 9.67 Å². The molecule has 0 aliphatic rings. The maximum atomic E-state index is 12.6. The van der Waals surface area contributed by atoms with Crippen LogP contribution in [0.4, 0.5) is 0 Å². The molecule has 0 fully saturated rings. The third-order valence-corrected chi connectivity index (χ3v) is 4.22. The summed E-state index contributed by atoms with van der Waals surface area (Å²) >= 11 is 0. The zero-order valence-corrected chi connectivity index (χ0v) is 14.0. The molecule has 3 aromatic rings. The number of hydrogen-bond donors (Lipinski definition) is 0. The fourth-order valence-electron chi connectivity index (χ4n) is 2.54. The molecule has 6 heteroatoms. The number of amides is 1. The van der Waals surface area contributed by atoms with Crippen molar-refractivity contribution in [2.45, 2.75) is 13.0 Å². The van der Waals surface area contributed by atoms with E-state index in [1.54, 1.807) is 47.2 Å². The number of carbonyl (C=O) groups is 1. The lowest BCUT2D eigenvalue weighted by molar-refractivity contribution is 0.0742. The van der Waals surface area contributed by atoms with Gasteiger partial charge in [-0.05, 0) is 48.9 Å². The summed E-state index contributed by atoms with van der Waals surface area (Å²) in [5.41, 5.74) is 3.03. The van der Waals surface area contributed by atoms with E-state index in [1.165, 1.54) is 6.33 Å². The van der Waals surface area contributed by atoms with Gasteiger partial charge in [0.15, 0.2) is 0 Å². The molecular formula is C19H17N5O. The molecule has 0 aliphatic heterocycles. The van der Waals surface area contributed by atoms with Gasteiger partial charge in [-0.2, -0.15) is 10.4 Å². The first kappa shape index (κ1) is 16.4. The fourth-order valence-corrected chi connectivity index (χ4v) is 2.54. The average molecular weight is 331 g/mol. The van der Waals surface area contributed by atoms with Gasteiger partial charge < -0.3 is 4.90 Å². The molecule has 6 nitrogen and oxygen atoms in total. The number of hydrogen-bond acceptors (Lipinski definition) is 4. The van der Waals surface area contributed by atoms with E-state index in [0.717, 1.165) is 11.3 Å². The summed E-state index contributed by atoms with van der Waals surface area (Å²) in [4.78, 5) is 18.3. The molecule has 0 spiro atoms. The molecule has 0 saturated carbocycles. The predicted octanol–water partition coefficient (Wildman–Crippen LogP) is 2.97. The summed E-state index contributed by atoms with van der Waals surface area (Å²) in [5, 5.41) is 12.9. The van der Waals surface area contributed by atoms with E-state index in [9.17, 15) is 4.79 Å².